The van der Waals surface area contributed by atoms with Crippen LogP contribution in [0.4, 0.5) is 0 Å². The second-order valence-electron chi connectivity index (χ2n) is 3.40. The summed E-state index contributed by atoms with van der Waals surface area (Å²) in [5.41, 5.74) is 1.89. The van der Waals surface area contributed by atoms with Crippen LogP contribution < -0.4 is 0 Å². The topological polar surface area (TPSA) is 80.9 Å². The van der Waals surface area contributed by atoms with E-state index in [9.17, 15) is 4.79 Å². The quantitative estimate of drug-likeness (QED) is 0.812. The van der Waals surface area contributed by atoms with Crippen molar-refractivity contribution in [2.45, 2.75) is 13.8 Å². The molecule has 0 aliphatic rings. The van der Waals surface area contributed by atoms with E-state index in [0.29, 0.717) is 11.4 Å². The van der Waals surface area contributed by atoms with Gasteiger partial charge in [-0.05, 0) is 26.0 Å². The highest BCUT2D eigenvalue weighted by atomic mass is 16.4. The third-order valence-electron chi connectivity index (χ3n) is 2.18. The first-order valence-electron chi connectivity index (χ1n) is 4.68. The van der Waals surface area contributed by atoms with Crippen molar-refractivity contribution in [3.63, 3.8) is 0 Å². The smallest absolute Gasteiger partial charge is 0.356 e. The molecule has 2 aromatic heterocycles. The Bertz CT molecular complexity index is 530. The Morgan fingerprint density at radius 1 is 1.38 bits per heavy atom. The molecule has 0 unspecified atom stereocenters. The minimum Gasteiger partial charge on any atom is -0.476 e. The van der Waals surface area contributed by atoms with E-state index in [1.165, 1.54) is 4.68 Å². The summed E-state index contributed by atoms with van der Waals surface area (Å²) in [4.78, 5) is 15.1. The fraction of sp³-hybridized carbons (Fsp3) is 0.200. The number of aryl methyl sites for hydroxylation is 2. The van der Waals surface area contributed by atoms with Crippen LogP contribution in [0.15, 0.2) is 18.3 Å². The molecule has 16 heavy (non-hydrogen) atoms. The monoisotopic (exact) mass is 218 g/mol. The fourth-order valence-electron chi connectivity index (χ4n) is 1.37. The molecule has 0 aromatic carbocycles. The molecule has 6 nitrogen and oxygen atoms in total. The maximum atomic E-state index is 11.0. The van der Waals surface area contributed by atoms with Gasteiger partial charge in [-0.15, -0.1) is 5.10 Å². The SMILES string of the molecule is Cc1ccc(-n2nnc(C)c2C(=O)O)cn1. The Hall–Kier alpha value is -2.24. The van der Waals surface area contributed by atoms with E-state index in [1.807, 2.05) is 6.92 Å². The van der Waals surface area contributed by atoms with E-state index >= 15 is 0 Å². The number of rotatable bonds is 2. The molecule has 0 fully saturated rings. The highest BCUT2D eigenvalue weighted by molar-refractivity contribution is 5.87. The number of aromatic carboxylic acids is 1. The van der Waals surface area contributed by atoms with Crippen molar-refractivity contribution in [2.24, 2.45) is 0 Å². The zero-order valence-electron chi connectivity index (χ0n) is 8.88. The Balaban J connectivity index is 2.56. The third kappa shape index (κ3) is 1.65. The molecule has 6 heteroatoms. The van der Waals surface area contributed by atoms with E-state index < -0.39 is 5.97 Å². The summed E-state index contributed by atoms with van der Waals surface area (Å²) in [7, 11) is 0. The summed E-state index contributed by atoms with van der Waals surface area (Å²) < 4.78 is 1.27. The Morgan fingerprint density at radius 3 is 2.69 bits per heavy atom. The first kappa shape index (κ1) is 10.3. The molecule has 0 spiro atoms. The van der Waals surface area contributed by atoms with Gasteiger partial charge in [-0.3, -0.25) is 4.98 Å². The molecule has 0 aliphatic carbocycles. The van der Waals surface area contributed by atoms with Crippen molar-refractivity contribution in [3.8, 4) is 5.69 Å². The maximum Gasteiger partial charge on any atom is 0.356 e. The van der Waals surface area contributed by atoms with Gasteiger partial charge in [0.25, 0.3) is 0 Å². The standard InChI is InChI=1S/C10H10N4O2/c1-6-3-4-8(5-11-6)14-9(10(15)16)7(2)12-13-14/h3-5H,1-2H3,(H,15,16). The van der Waals surface area contributed by atoms with Gasteiger partial charge in [-0.2, -0.15) is 0 Å². The van der Waals surface area contributed by atoms with Crippen molar-refractivity contribution in [1.29, 1.82) is 0 Å². The minimum absolute atomic E-state index is 0.0608. The number of carbonyl (C=O) groups is 1. The van der Waals surface area contributed by atoms with Crippen molar-refractivity contribution < 1.29 is 9.90 Å². The van der Waals surface area contributed by atoms with Gasteiger partial charge in [0.05, 0.1) is 17.6 Å². The average molecular weight is 218 g/mol. The molecule has 0 saturated heterocycles. The van der Waals surface area contributed by atoms with Crippen LogP contribution in [-0.2, 0) is 0 Å². The molecule has 0 amide bonds. The van der Waals surface area contributed by atoms with Gasteiger partial charge in [-0.25, -0.2) is 9.48 Å². The zero-order chi connectivity index (χ0) is 11.7. The summed E-state index contributed by atoms with van der Waals surface area (Å²) in [6.45, 7) is 3.46. The molecule has 0 radical (unpaired) electrons. The average Bonchev–Trinajstić information content (AvgIpc) is 2.61. The molecule has 0 atom stereocenters. The number of pyridine rings is 1. The van der Waals surface area contributed by atoms with E-state index in [2.05, 4.69) is 15.3 Å². The number of carboxylic acid groups (broad SMARTS) is 1. The van der Waals surface area contributed by atoms with Gasteiger partial charge in [0.2, 0.25) is 0 Å². The molecule has 1 N–H and O–H groups in total. The lowest BCUT2D eigenvalue weighted by molar-refractivity contribution is 0.0686. The molecule has 0 bridgehead atoms. The predicted octanol–water partition coefficient (Wildman–Crippen LogP) is 0.977. The molecule has 82 valence electrons. The normalized spacial score (nSPS) is 10.4. The number of aromatic nitrogens is 4. The first-order chi connectivity index (χ1) is 7.59. The predicted molar refractivity (Wildman–Crippen MR) is 55.6 cm³/mol. The lowest BCUT2D eigenvalue weighted by Gasteiger charge is -2.02. The van der Waals surface area contributed by atoms with Crippen LogP contribution in [0.3, 0.4) is 0 Å². The minimum atomic E-state index is -1.05. The van der Waals surface area contributed by atoms with E-state index in [4.69, 9.17) is 5.11 Å². The summed E-state index contributed by atoms with van der Waals surface area (Å²) in [6.07, 6.45) is 1.57. The number of hydrogen-bond donors (Lipinski definition) is 1. The summed E-state index contributed by atoms with van der Waals surface area (Å²) in [5, 5.41) is 16.6. The van der Waals surface area contributed by atoms with Crippen LogP contribution in [-0.4, -0.2) is 31.1 Å². The molecule has 0 saturated carbocycles. The number of hydrogen-bond acceptors (Lipinski definition) is 4. The maximum absolute atomic E-state index is 11.0. The fourth-order valence-corrected chi connectivity index (χ4v) is 1.37. The van der Waals surface area contributed by atoms with Gasteiger partial charge in [-0.1, -0.05) is 5.21 Å². The molecule has 2 rings (SSSR count). The van der Waals surface area contributed by atoms with Crippen molar-refractivity contribution in [3.05, 3.63) is 35.4 Å². The highest BCUT2D eigenvalue weighted by Crippen LogP contribution is 2.11. The van der Waals surface area contributed by atoms with Crippen LogP contribution in [0.2, 0.25) is 0 Å². The Morgan fingerprint density at radius 2 is 2.12 bits per heavy atom. The van der Waals surface area contributed by atoms with Gasteiger partial charge >= 0.3 is 5.97 Å². The number of nitrogens with zero attached hydrogens (tertiary/aromatic N) is 4. The van der Waals surface area contributed by atoms with Gasteiger partial charge < -0.3 is 5.11 Å². The van der Waals surface area contributed by atoms with Crippen molar-refractivity contribution in [1.82, 2.24) is 20.0 Å². The van der Waals surface area contributed by atoms with Gasteiger partial charge in [0, 0.05) is 5.69 Å². The summed E-state index contributed by atoms with van der Waals surface area (Å²) >= 11 is 0. The van der Waals surface area contributed by atoms with Crippen LogP contribution in [0.25, 0.3) is 5.69 Å². The Kier molecular flexibility index (Phi) is 2.40. The van der Waals surface area contributed by atoms with Gasteiger partial charge in [0.1, 0.15) is 0 Å². The molecular formula is C10H10N4O2. The van der Waals surface area contributed by atoms with E-state index in [0.717, 1.165) is 5.69 Å². The second-order valence-corrected chi connectivity index (χ2v) is 3.40. The van der Waals surface area contributed by atoms with Gasteiger partial charge in [0.15, 0.2) is 5.69 Å². The van der Waals surface area contributed by atoms with Crippen LogP contribution in [0.5, 0.6) is 0 Å². The molecule has 2 aromatic rings. The Labute approximate surface area is 91.6 Å². The summed E-state index contributed by atoms with van der Waals surface area (Å²) in [6, 6.07) is 3.54. The largest absolute Gasteiger partial charge is 0.476 e. The summed E-state index contributed by atoms with van der Waals surface area (Å²) in [5.74, 6) is -1.05. The number of carboxylic acids is 1. The molecule has 0 aliphatic heterocycles. The molecule has 2 heterocycles. The first-order valence-corrected chi connectivity index (χ1v) is 4.68. The van der Waals surface area contributed by atoms with E-state index in [-0.39, 0.29) is 5.69 Å². The second kappa shape index (κ2) is 3.73. The van der Waals surface area contributed by atoms with Crippen LogP contribution in [0, 0.1) is 13.8 Å². The molecular weight excluding hydrogens is 208 g/mol. The van der Waals surface area contributed by atoms with Crippen LogP contribution >= 0.6 is 0 Å². The van der Waals surface area contributed by atoms with Crippen molar-refractivity contribution >= 4 is 5.97 Å². The van der Waals surface area contributed by atoms with Crippen LogP contribution in [0.1, 0.15) is 21.9 Å². The van der Waals surface area contributed by atoms with E-state index in [1.54, 1.807) is 25.3 Å². The van der Waals surface area contributed by atoms with Crippen molar-refractivity contribution in [2.75, 3.05) is 0 Å². The highest BCUT2D eigenvalue weighted by Gasteiger charge is 2.17. The lowest BCUT2D eigenvalue weighted by atomic mass is 10.3. The third-order valence-corrected chi connectivity index (χ3v) is 2.18. The zero-order valence-corrected chi connectivity index (χ0v) is 8.88. The lowest BCUT2D eigenvalue weighted by Crippen LogP contribution is -2.09.